The normalized spacial score (nSPS) is 18.9. The molecule has 2 aromatic rings. The van der Waals surface area contributed by atoms with Crippen molar-refractivity contribution in [1.29, 1.82) is 0 Å². The number of hydrogen-bond donors (Lipinski definition) is 1. The Kier molecular flexibility index (Phi) is 3.16. The number of nitrogen functional groups attached to an aromatic ring is 1. The lowest BCUT2D eigenvalue weighted by molar-refractivity contribution is 0.185. The smallest absolute Gasteiger partial charge is 0.131 e. The van der Waals surface area contributed by atoms with Crippen molar-refractivity contribution in [1.82, 2.24) is 19.7 Å². The third kappa shape index (κ3) is 2.73. The van der Waals surface area contributed by atoms with Crippen molar-refractivity contribution in [3.05, 3.63) is 24.3 Å². The summed E-state index contributed by atoms with van der Waals surface area (Å²) in [5.41, 5.74) is 7.66. The Labute approximate surface area is 111 Å². The van der Waals surface area contributed by atoms with Gasteiger partial charge in [-0.3, -0.25) is 4.68 Å². The van der Waals surface area contributed by atoms with E-state index in [1.165, 1.54) is 0 Å². The largest absolute Gasteiger partial charge is 0.384 e. The first-order chi connectivity index (χ1) is 9.20. The number of nitrogens with two attached hydrogens (primary N) is 1. The number of ether oxygens (including phenoxy) is 1. The Morgan fingerprint density at radius 2 is 2.37 bits per heavy atom. The van der Waals surface area contributed by atoms with Gasteiger partial charge in [-0.2, -0.15) is 5.10 Å². The van der Waals surface area contributed by atoms with E-state index < -0.39 is 0 Å². The molecular weight excluding hydrogens is 242 g/mol. The van der Waals surface area contributed by atoms with Crippen molar-refractivity contribution in [2.45, 2.75) is 12.8 Å². The Morgan fingerprint density at radius 3 is 3.05 bits per heavy atom. The highest BCUT2D eigenvalue weighted by molar-refractivity contribution is 5.60. The lowest BCUT2D eigenvalue weighted by atomic mass is 10.0. The van der Waals surface area contributed by atoms with Crippen LogP contribution in [0, 0.1) is 5.92 Å². The van der Waals surface area contributed by atoms with Gasteiger partial charge in [0.05, 0.1) is 11.9 Å². The minimum absolute atomic E-state index is 0.503. The van der Waals surface area contributed by atoms with E-state index in [9.17, 15) is 0 Å². The van der Waals surface area contributed by atoms with E-state index >= 15 is 0 Å². The van der Waals surface area contributed by atoms with Crippen LogP contribution in [-0.2, 0) is 18.2 Å². The van der Waals surface area contributed by atoms with Gasteiger partial charge >= 0.3 is 0 Å². The molecule has 100 valence electrons. The van der Waals surface area contributed by atoms with E-state index in [4.69, 9.17) is 10.5 Å². The molecule has 3 heterocycles. The molecular formula is C13H17N5O. The minimum Gasteiger partial charge on any atom is -0.384 e. The number of aryl methyl sites for hydroxylation is 1. The van der Waals surface area contributed by atoms with Gasteiger partial charge in [-0.05, 0) is 12.3 Å². The van der Waals surface area contributed by atoms with Crippen LogP contribution >= 0.6 is 0 Å². The molecule has 0 aliphatic carbocycles. The lowest BCUT2D eigenvalue weighted by Gasteiger charge is -2.08. The third-order valence-corrected chi connectivity index (χ3v) is 3.29. The zero-order chi connectivity index (χ0) is 13.2. The monoisotopic (exact) mass is 259 g/mol. The van der Waals surface area contributed by atoms with E-state index in [2.05, 4.69) is 15.1 Å². The third-order valence-electron chi connectivity index (χ3n) is 3.29. The fourth-order valence-corrected chi connectivity index (χ4v) is 2.31. The van der Waals surface area contributed by atoms with Gasteiger partial charge in [-0.1, -0.05) is 0 Å². The molecule has 0 bridgehead atoms. The Balaban J connectivity index is 1.87. The summed E-state index contributed by atoms with van der Waals surface area (Å²) in [6, 6.07) is 1.78. The Bertz CT molecular complexity index is 574. The van der Waals surface area contributed by atoms with E-state index in [0.717, 1.165) is 43.1 Å². The van der Waals surface area contributed by atoms with Crippen LogP contribution in [-0.4, -0.2) is 33.0 Å². The van der Waals surface area contributed by atoms with E-state index in [-0.39, 0.29) is 0 Å². The average molecular weight is 259 g/mol. The standard InChI is InChI=1S/C13H17N5O/c1-18-7-10(6-15-18)11-5-12(14)17-13(16-11)4-9-2-3-19-8-9/h5-7,9H,2-4,8H2,1H3,(H2,14,16,17). The molecule has 1 aliphatic rings. The number of anilines is 1. The first-order valence-corrected chi connectivity index (χ1v) is 6.41. The Hall–Kier alpha value is -1.95. The van der Waals surface area contributed by atoms with Gasteiger partial charge in [0.25, 0.3) is 0 Å². The summed E-state index contributed by atoms with van der Waals surface area (Å²) >= 11 is 0. The molecule has 2 aromatic heterocycles. The average Bonchev–Trinajstić information content (AvgIpc) is 3.00. The van der Waals surface area contributed by atoms with Gasteiger partial charge in [-0.15, -0.1) is 0 Å². The van der Waals surface area contributed by atoms with Crippen LogP contribution in [0.25, 0.3) is 11.3 Å². The van der Waals surface area contributed by atoms with Crippen LogP contribution in [0.3, 0.4) is 0 Å². The molecule has 19 heavy (non-hydrogen) atoms. The first kappa shape index (κ1) is 12.1. The second-order valence-electron chi connectivity index (χ2n) is 4.93. The molecule has 6 nitrogen and oxygen atoms in total. The Morgan fingerprint density at radius 1 is 1.47 bits per heavy atom. The molecule has 0 aromatic carbocycles. The van der Waals surface area contributed by atoms with Gasteiger partial charge in [0.1, 0.15) is 11.6 Å². The highest BCUT2D eigenvalue weighted by Gasteiger charge is 2.18. The number of aromatic nitrogens is 4. The highest BCUT2D eigenvalue weighted by atomic mass is 16.5. The SMILES string of the molecule is Cn1cc(-c2cc(N)nc(CC3CCOC3)n2)cn1. The van der Waals surface area contributed by atoms with Crippen molar-refractivity contribution in [3.8, 4) is 11.3 Å². The maximum atomic E-state index is 5.87. The fraction of sp³-hybridized carbons (Fsp3) is 0.462. The zero-order valence-electron chi connectivity index (χ0n) is 10.9. The molecule has 1 unspecified atom stereocenters. The van der Waals surface area contributed by atoms with Crippen LogP contribution in [0.1, 0.15) is 12.2 Å². The summed E-state index contributed by atoms with van der Waals surface area (Å²) in [6.45, 7) is 1.63. The topological polar surface area (TPSA) is 78.9 Å². The molecule has 1 fully saturated rings. The summed E-state index contributed by atoms with van der Waals surface area (Å²) in [4.78, 5) is 8.89. The van der Waals surface area contributed by atoms with Gasteiger partial charge < -0.3 is 10.5 Å². The van der Waals surface area contributed by atoms with Gasteiger partial charge in [0.15, 0.2) is 0 Å². The second kappa shape index (κ2) is 4.97. The maximum absolute atomic E-state index is 5.87. The zero-order valence-corrected chi connectivity index (χ0v) is 10.9. The van der Waals surface area contributed by atoms with E-state index in [0.29, 0.717) is 11.7 Å². The van der Waals surface area contributed by atoms with Gasteiger partial charge in [0, 0.05) is 44.5 Å². The van der Waals surface area contributed by atoms with E-state index in [1.54, 1.807) is 16.9 Å². The predicted octanol–water partition coefficient (Wildman–Crippen LogP) is 1.04. The molecule has 1 aliphatic heterocycles. The molecule has 2 N–H and O–H groups in total. The molecule has 1 atom stereocenters. The van der Waals surface area contributed by atoms with Gasteiger partial charge in [0.2, 0.25) is 0 Å². The maximum Gasteiger partial charge on any atom is 0.131 e. The van der Waals surface area contributed by atoms with E-state index in [1.807, 2.05) is 13.2 Å². The summed E-state index contributed by atoms with van der Waals surface area (Å²) in [5, 5.41) is 4.15. The van der Waals surface area contributed by atoms with Crippen molar-refractivity contribution in [3.63, 3.8) is 0 Å². The van der Waals surface area contributed by atoms with Crippen LogP contribution in [0.4, 0.5) is 5.82 Å². The predicted molar refractivity (Wildman–Crippen MR) is 71.3 cm³/mol. The molecule has 0 radical (unpaired) electrons. The minimum atomic E-state index is 0.503. The molecule has 0 amide bonds. The van der Waals surface area contributed by atoms with Crippen LogP contribution in [0.5, 0.6) is 0 Å². The quantitative estimate of drug-likeness (QED) is 0.891. The fourth-order valence-electron chi connectivity index (χ4n) is 2.31. The summed E-state index contributed by atoms with van der Waals surface area (Å²) in [7, 11) is 1.88. The van der Waals surface area contributed by atoms with Crippen LogP contribution < -0.4 is 5.73 Å². The number of nitrogens with zero attached hydrogens (tertiary/aromatic N) is 4. The lowest BCUT2D eigenvalue weighted by Crippen LogP contribution is -2.09. The number of rotatable bonds is 3. The van der Waals surface area contributed by atoms with Crippen molar-refractivity contribution >= 4 is 5.82 Å². The van der Waals surface area contributed by atoms with Crippen molar-refractivity contribution < 1.29 is 4.74 Å². The van der Waals surface area contributed by atoms with Crippen molar-refractivity contribution in [2.75, 3.05) is 18.9 Å². The summed E-state index contributed by atoms with van der Waals surface area (Å²) < 4.78 is 7.13. The van der Waals surface area contributed by atoms with Crippen LogP contribution in [0.2, 0.25) is 0 Å². The molecule has 3 rings (SSSR count). The van der Waals surface area contributed by atoms with Crippen LogP contribution in [0.15, 0.2) is 18.5 Å². The number of hydrogen-bond acceptors (Lipinski definition) is 5. The molecule has 1 saturated heterocycles. The molecule has 0 saturated carbocycles. The van der Waals surface area contributed by atoms with Crippen molar-refractivity contribution in [2.24, 2.45) is 13.0 Å². The second-order valence-corrected chi connectivity index (χ2v) is 4.93. The van der Waals surface area contributed by atoms with Gasteiger partial charge in [-0.25, -0.2) is 9.97 Å². The highest BCUT2D eigenvalue weighted by Crippen LogP contribution is 2.21. The summed E-state index contributed by atoms with van der Waals surface area (Å²) in [5.74, 6) is 1.79. The molecule has 6 heteroatoms. The first-order valence-electron chi connectivity index (χ1n) is 6.41. The summed E-state index contributed by atoms with van der Waals surface area (Å²) in [6.07, 6.45) is 5.59. The molecule has 0 spiro atoms.